The van der Waals surface area contributed by atoms with Crippen molar-refractivity contribution < 1.29 is 9.59 Å². The van der Waals surface area contributed by atoms with Crippen LogP contribution in [0.4, 0.5) is 0 Å². The summed E-state index contributed by atoms with van der Waals surface area (Å²) in [5.74, 6) is -0.126. The Balaban J connectivity index is 1.84. The van der Waals surface area contributed by atoms with E-state index in [9.17, 15) is 9.59 Å². The van der Waals surface area contributed by atoms with Crippen molar-refractivity contribution in [3.8, 4) is 0 Å². The smallest absolute Gasteiger partial charge is 0.187 e. The van der Waals surface area contributed by atoms with E-state index in [1.807, 2.05) is 30.3 Å². The lowest BCUT2D eigenvalue weighted by Gasteiger charge is -2.00. The third kappa shape index (κ3) is 4.68. The Morgan fingerprint density at radius 2 is 1.62 bits per heavy atom. The number of rotatable bonds is 6. The molecule has 0 fully saturated rings. The average Bonchev–Trinajstić information content (AvgIpc) is 2.52. The SMILES string of the molecule is O=C(C=CNCC(=O)c1ccccc1)c1ccc(Br)cc1. The molecule has 0 unspecified atom stereocenters. The first-order valence-electron chi connectivity index (χ1n) is 6.45. The summed E-state index contributed by atoms with van der Waals surface area (Å²) in [7, 11) is 0. The number of carbonyl (C=O) groups is 2. The predicted octanol–water partition coefficient (Wildman–Crippen LogP) is 3.62. The monoisotopic (exact) mass is 343 g/mol. The maximum atomic E-state index is 11.8. The van der Waals surface area contributed by atoms with Crippen LogP contribution in [-0.2, 0) is 0 Å². The van der Waals surface area contributed by atoms with Crippen LogP contribution in [-0.4, -0.2) is 18.1 Å². The molecule has 0 spiro atoms. The van der Waals surface area contributed by atoms with Gasteiger partial charge < -0.3 is 5.32 Å². The van der Waals surface area contributed by atoms with E-state index >= 15 is 0 Å². The Kier molecular flexibility index (Phi) is 5.46. The summed E-state index contributed by atoms with van der Waals surface area (Å²) in [6.45, 7) is 0.161. The number of carbonyl (C=O) groups excluding carboxylic acids is 2. The van der Waals surface area contributed by atoms with Crippen LogP contribution >= 0.6 is 15.9 Å². The van der Waals surface area contributed by atoms with Gasteiger partial charge in [-0.25, -0.2) is 0 Å². The number of ketones is 2. The van der Waals surface area contributed by atoms with Gasteiger partial charge in [-0.3, -0.25) is 9.59 Å². The van der Waals surface area contributed by atoms with E-state index in [-0.39, 0.29) is 18.1 Å². The van der Waals surface area contributed by atoms with Crippen LogP contribution in [0.3, 0.4) is 0 Å². The van der Waals surface area contributed by atoms with Crippen LogP contribution in [0.2, 0.25) is 0 Å². The van der Waals surface area contributed by atoms with Crippen molar-refractivity contribution in [3.05, 3.63) is 82.5 Å². The summed E-state index contributed by atoms with van der Waals surface area (Å²) in [5.41, 5.74) is 1.25. The first kappa shape index (κ1) is 15.2. The summed E-state index contributed by atoms with van der Waals surface area (Å²) in [4.78, 5) is 23.7. The number of allylic oxidation sites excluding steroid dienone is 1. The van der Waals surface area contributed by atoms with Crippen molar-refractivity contribution >= 4 is 27.5 Å². The molecule has 3 nitrogen and oxygen atoms in total. The van der Waals surface area contributed by atoms with Crippen molar-refractivity contribution in [2.75, 3.05) is 6.54 Å². The fourth-order valence-electron chi connectivity index (χ4n) is 1.72. The summed E-state index contributed by atoms with van der Waals surface area (Å²) < 4.78 is 0.926. The lowest BCUT2D eigenvalue weighted by atomic mass is 10.1. The van der Waals surface area contributed by atoms with E-state index in [4.69, 9.17) is 0 Å². The normalized spacial score (nSPS) is 10.5. The maximum absolute atomic E-state index is 11.8. The molecule has 21 heavy (non-hydrogen) atoms. The Morgan fingerprint density at radius 1 is 0.952 bits per heavy atom. The van der Waals surface area contributed by atoms with E-state index in [0.29, 0.717) is 11.1 Å². The summed E-state index contributed by atoms with van der Waals surface area (Å²) in [6.07, 6.45) is 2.92. The summed E-state index contributed by atoms with van der Waals surface area (Å²) >= 11 is 3.32. The first-order valence-corrected chi connectivity index (χ1v) is 7.24. The zero-order valence-corrected chi connectivity index (χ0v) is 12.8. The van der Waals surface area contributed by atoms with Gasteiger partial charge in [0.05, 0.1) is 6.54 Å². The standard InChI is InChI=1S/C17H14BrNO2/c18-15-8-6-14(7-9-15)16(20)10-11-19-12-17(21)13-4-2-1-3-5-13/h1-11,19H,12H2. The Bertz CT molecular complexity index is 648. The second-order valence-electron chi connectivity index (χ2n) is 4.37. The molecule has 0 aliphatic rings. The van der Waals surface area contributed by atoms with Crippen molar-refractivity contribution in [2.45, 2.75) is 0 Å². The Morgan fingerprint density at radius 3 is 2.29 bits per heavy atom. The second kappa shape index (κ2) is 7.55. The largest absolute Gasteiger partial charge is 0.383 e. The van der Waals surface area contributed by atoms with Crippen LogP contribution in [0.5, 0.6) is 0 Å². The van der Waals surface area contributed by atoms with Gasteiger partial charge >= 0.3 is 0 Å². The molecule has 2 aromatic rings. The van der Waals surface area contributed by atoms with Crippen LogP contribution in [0.15, 0.2) is 71.3 Å². The molecular formula is C17H14BrNO2. The molecule has 2 rings (SSSR count). The molecule has 0 saturated carbocycles. The quantitative estimate of drug-likeness (QED) is 0.643. The zero-order chi connectivity index (χ0) is 15.1. The molecule has 0 aliphatic heterocycles. The van der Waals surface area contributed by atoms with Gasteiger partial charge in [-0.1, -0.05) is 46.3 Å². The highest BCUT2D eigenvalue weighted by Gasteiger charge is 2.03. The zero-order valence-electron chi connectivity index (χ0n) is 11.3. The molecule has 0 heterocycles. The Hall–Kier alpha value is -2.20. The minimum atomic E-state index is -0.109. The Labute approximate surface area is 131 Å². The molecule has 0 bridgehead atoms. The molecule has 1 N–H and O–H groups in total. The van der Waals surface area contributed by atoms with Gasteiger partial charge in [-0.05, 0) is 24.3 Å². The minimum Gasteiger partial charge on any atom is -0.383 e. The molecule has 106 valence electrons. The molecule has 0 atom stereocenters. The van der Waals surface area contributed by atoms with Crippen LogP contribution in [0.25, 0.3) is 0 Å². The van der Waals surface area contributed by atoms with E-state index in [0.717, 1.165) is 4.47 Å². The van der Waals surface area contributed by atoms with Crippen molar-refractivity contribution in [1.29, 1.82) is 0 Å². The number of hydrogen-bond donors (Lipinski definition) is 1. The molecule has 0 aliphatic carbocycles. The van der Waals surface area contributed by atoms with Crippen molar-refractivity contribution in [3.63, 3.8) is 0 Å². The van der Waals surface area contributed by atoms with Gasteiger partial charge in [0.25, 0.3) is 0 Å². The molecule has 0 aromatic heterocycles. The maximum Gasteiger partial charge on any atom is 0.187 e. The highest BCUT2D eigenvalue weighted by molar-refractivity contribution is 9.10. The molecule has 4 heteroatoms. The highest BCUT2D eigenvalue weighted by Crippen LogP contribution is 2.11. The summed E-state index contributed by atoms with van der Waals surface area (Å²) in [5, 5.41) is 2.84. The van der Waals surface area contributed by atoms with Gasteiger partial charge in [0, 0.05) is 27.9 Å². The minimum absolute atomic E-state index is 0.0173. The van der Waals surface area contributed by atoms with E-state index in [1.54, 1.807) is 24.3 Å². The second-order valence-corrected chi connectivity index (χ2v) is 5.29. The van der Waals surface area contributed by atoms with Gasteiger partial charge in [0.2, 0.25) is 0 Å². The lowest BCUT2D eigenvalue weighted by Crippen LogP contribution is -2.18. The van der Waals surface area contributed by atoms with Gasteiger partial charge in [0.15, 0.2) is 11.6 Å². The number of Topliss-reactive ketones (excluding diaryl/α,β-unsaturated/α-hetero) is 1. The predicted molar refractivity (Wildman–Crippen MR) is 86.4 cm³/mol. The number of halogens is 1. The third-order valence-corrected chi connectivity index (χ3v) is 3.37. The molecular weight excluding hydrogens is 330 g/mol. The van der Waals surface area contributed by atoms with Crippen LogP contribution < -0.4 is 5.32 Å². The average molecular weight is 344 g/mol. The topological polar surface area (TPSA) is 46.2 Å². The first-order chi connectivity index (χ1) is 10.2. The third-order valence-electron chi connectivity index (χ3n) is 2.84. The fourth-order valence-corrected chi connectivity index (χ4v) is 1.99. The highest BCUT2D eigenvalue weighted by atomic mass is 79.9. The van der Waals surface area contributed by atoms with Gasteiger partial charge in [0.1, 0.15) is 0 Å². The van der Waals surface area contributed by atoms with Gasteiger partial charge in [-0.2, -0.15) is 0 Å². The molecule has 0 radical (unpaired) electrons. The van der Waals surface area contributed by atoms with E-state index in [1.165, 1.54) is 12.3 Å². The number of benzene rings is 2. The summed E-state index contributed by atoms with van der Waals surface area (Å²) in [6, 6.07) is 16.1. The lowest BCUT2D eigenvalue weighted by molar-refractivity contribution is 0.0992. The molecule has 0 amide bonds. The van der Waals surface area contributed by atoms with Gasteiger partial charge in [-0.15, -0.1) is 0 Å². The molecule has 0 saturated heterocycles. The molecule has 2 aromatic carbocycles. The van der Waals surface area contributed by atoms with Crippen LogP contribution in [0, 0.1) is 0 Å². The van der Waals surface area contributed by atoms with Crippen molar-refractivity contribution in [2.24, 2.45) is 0 Å². The van der Waals surface area contributed by atoms with Crippen molar-refractivity contribution in [1.82, 2.24) is 5.32 Å². The fraction of sp³-hybridized carbons (Fsp3) is 0.0588. The van der Waals surface area contributed by atoms with E-state index in [2.05, 4.69) is 21.2 Å². The number of hydrogen-bond acceptors (Lipinski definition) is 3. The van der Waals surface area contributed by atoms with Crippen LogP contribution in [0.1, 0.15) is 20.7 Å². The van der Waals surface area contributed by atoms with E-state index < -0.39 is 0 Å². The number of nitrogens with one attached hydrogen (secondary N) is 1.